The fourth-order valence-electron chi connectivity index (χ4n) is 6.25. The zero-order valence-corrected chi connectivity index (χ0v) is 22.0. The molecule has 3 aromatic rings. The summed E-state index contributed by atoms with van der Waals surface area (Å²) >= 11 is 0. The topological polar surface area (TPSA) is 96.8 Å². The third-order valence-corrected chi connectivity index (χ3v) is 8.75. The first-order valence-corrected chi connectivity index (χ1v) is 13.5. The molecule has 2 N–H and O–H groups in total. The summed E-state index contributed by atoms with van der Waals surface area (Å²) in [4.78, 5) is 36.2. The molecule has 8 heteroatoms. The molecule has 1 saturated carbocycles. The van der Waals surface area contributed by atoms with Crippen LogP contribution in [0.2, 0.25) is 0 Å². The van der Waals surface area contributed by atoms with Crippen LogP contribution in [0.25, 0.3) is 5.65 Å². The van der Waals surface area contributed by atoms with Gasteiger partial charge in [-0.15, -0.1) is 0 Å². The maximum atomic E-state index is 14.3. The lowest BCUT2D eigenvalue weighted by Crippen LogP contribution is -2.46. The van der Waals surface area contributed by atoms with Crippen LogP contribution in [0.5, 0.6) is 0 Å². The van der Waals surface area contributed by atoms with Crippen LogP contribution in [0.15, 0.2) is 36.5 Å². The zero-order valence-electron chi connectivity index (χ0n) is 22.0. The lowest BCUT2D eigenvalue weighted by Gasteiger charge is -2.35. The van der Waals surface area contributed by atoms with Crippen molar-refractivity contribution in [3.8, 4) is 0 Å². The Balaban J connectivity index is 1.30. The smallest absolute Gasteiger partial charge is 0.233 e. The number of nitrogens with two attached hydrogens (primary N) is 1. The van der Waals surface area contributed by atoms with Gasteiger partial charge in [-0.05, 0) is 57.1 Å². The number of aromatic nitrogens is 3. The van der Waals surface area contributed by atoms with Crippen LogP contribution in [0.4, 0.5) is 5.82 Å². The van der Waals surface area contributed by atoms with Gasteiger partial charge in [-0.25, -0.2) is 9.50 Å². The van der Waals surface area contributed by atoms with Gasteiger partial charge in [0.2, 0.25) is 5.91 Å². The first-order valence-electron chi connectivity index (χ1n) is 13.5. The first-order chi connectivity index (χ1) is 17.8. The highest BCUT2D eigenvalue weighted by Crippen LogP contribution is 2.46. The molecule has 3 aliphatic rings. The van der Waals surface area contributed by atoms with E-state index in [4.69, 9.17) is 15.8 Å². The number of rotatable bonds is 7. The van der Waals surface area contributed by atoms with Crippen molar-refractivity contribution in [1.82, 2.24) is 19.5 Å². The minimum atomic E-state index is -0.797. The van der Waals surface area contributed by atoms with Crippen molar-refractivity contribution >= 4 is 23.2 Å². The van der Waals surface area contributed by atoms with Gasteiger partial charge in [0.1, 0.15) is 11.6 Å². The maximum absolute atomic E-state index is 14.3. The quantitative estimate of drug-likeness (QED) is 0.534. The minimum Gasteiger partial charge on any atom is -0.355 e. The number of nitrogens with zero attached hydrogens (tertiary/aromatic N) is 5. The third kappa shape index (κ3) is 4.11. The second kappa shape index (κ2) is 8.94. The van der Waals surface area contributed by atoms with Gasteiger partial charge in [-0.2, -0.15) is 5.10 Å². The highest BCUT2D eigenvalue weighted by atomic mass is 16.2. The van der Waals surface area contributed by atoms with Gasteiger partial charge in [0, 0.05) is 56.3 Å². The molecule has 1 aliphatic heterocycles. The number of hydrogen-bond acceptors (Lipinski definition) is 6. The largest absolute Gasteiger partial charge is 0.355 e. The van der Waals surface area contributed by atoms with E-state index in [0.717, 1.165) is 67.1 Å². The number of carbonyl (C=O) groups excluding carboxylic acids is 2. The van der Waals surface area contributed by atoms with Crippen molar-refractivity contribution in [2.45, 2.75) is 69.9 Å². The molecule has 1 aromatic carbocycles. The molecular weight excluding hydrogens is 464 g/mol. The molecule has 2 aromatic heterocycles. The molecular formula is C29H36N6O2. The Kier molecular flexibility index (Phi) is 5.82. The number of hydrogen-bond donors (Lipinski definition) is 1. The second-order valence-corrected chi connectivity index (χ2v) is 11.4. The van der Waals surface area contributed by atoms with E-state index in [1.54, 1.807) is 9.42 Å². The molecule has 2 aliphatic carbocycles. The summed E-state index contributed by atoms with van der Waals surface area (Å²) in [6.45, 7) is 5.76. The van der Waals surface area contributed by atoms with E-state index < -0.39 is 5.41 Å². The molecule has 0 radical (unpaired) electrons. The normalized spacial score (nSPS) is 23.9. The Labute approximate surface area is 217 Å². The molecule has 0 spiro atoms. The van der Waals surface area contributed by atoms with Crippen molar-refractivity contribution in [2.24, 2.45) is 11.7 Å². The van der Waals surface area contributed by atoms with Crippen LogP contribution in [0.3, 0.4) is 0 Å². The summed E-state index contributed by atoms with van der Waals surface area (Å²) < 4.78 is 1.80. The number of benzene rings is 1. The van der Waals surface area contributed by atoms with Crippen LogP contribution in [0, 0.1) is 12.8 Å². The SMILES string of the molecule is Cc1cn2nc([C@H](C)N(C)C(=O)C3(CC(=O)C4CC4)CCc4ccccc43)cc2nc1N1CC[C@H](N)C1. The fraction of sp³-hybridized carbons (Fsp3) is 0.517. The molecule has 8 nitrogen and oxygen atoms in total. The molecule has 1 unspecified atom stereocenters. The van der Waals surface area contributed by atoms with Crippen molar-refractivity contribution < 1.29 is 9.59 Å². The van der Waals surface area contributed by atoms with Gasteiger partial charge < -0.3 is 15.5 Å². The molecule has 0 bridgehead atoms. The van der Waals surface area contributed by atoms with E-state index in [1.807, 2.05) is 51.4 Å². The monoisotopic (exact) mass is 500 g/mol. The van der Waals surface area contributed by atoms with Crippen molar-refractivity contribution in [2.75, 3.05) is 25.0 Å². The Morgan fingerprint density at radius 2 is 2.03 bits per heavy atom. The van der Waals surface area contributed by atoms with E-state index in [2.05, 4.69) is 11.0 Å². The standard InChI is InChI=1S/C29H36N6O2/c1-18-16-35-26(31-27(18)34-13-11-22(30)17-34)14-24(32-35)19(2)33(3)28(37)29(15-25(36)21-8-9-21)12-10-20-6-4-5-7-23(20)29/h4-7,14,16,19,21-22H,8-13,15,17,30H2,1-3H3/t19-,22-,29?/m0/s1. The summed E-state index contributed by atoms with van der Waals surface area (Å²) in [7, 11) is 1.84. The van der Waals surface area contributed by atoms with Gasteiger partial charge in [-0.1, -0.05) is 24.3 Å². The van der Waals surface area contributed by atoms with Gasteiger partial charge in [0.15, 0.2) is 5.65 Å². The van der Waals surface area contributed by atoms with Crippen molar-refractivity contribution in [1.29, 1.82) is 0 Å². The average molecular weight is 501 g/mol. The molecule has 194 valence electrons. The summed E-state index contributed by atoms with van der Waals surface area (Å²) in [5.41, 5.74) is 10.1. The summed E-state index contributed by atoms with van der Waals surface area (Å²) in [6, 6.07) is 10.0. The molecule has 6 rings (SSSR count). The number of amides is 1. The predicted molar refractivity (Wildman–Crippen MR) is 143 cm³/mol. The Morgan fingerprint density at radius 1 is 1.24 bits per heavy atom. The van der Waals surface area contributed by atoms with Crippen LogP contribution in [-0.4, -0.2) is 57.4 Å². The third-order valence-electron chi connectivity index (χ3n) is 8.75. The average Bonchev–Trinajstić information content (AvgIpc) is 3.38. The van der Waals surface area contributed by atoms with Crippen molar-refractivity contribution in [3.05, 3.63) is 58.9 Å². The Hall–Kier alpha value is -3.26. The van der Waals surface area contributed by atoms with E-state index in [0.29, 0.717) is 6.42 Å². The second-order valence-electron chi connectivity index (χ2n) is 11.4. The van der Waals surface area contributed by atoms with Gasteiger partial charge in [0.25, 0.3) is 0 Å². The summed E-state index contributed by atoms with van der Waals surface area (Å²) in [6.07, 6.45) is 6.66. The number of likely N-dealkylation sites (N-methyl/N-ethyl adjacent to an activating group) is 1. The van der Waals surface area contributed by atoms with Crippen LogP contribution in [0.1, 0.15) is 67.5 Å². The molecule has 1 amide bonds. The van der Waals surface area contributed by atoms with E-state index in [1.165, 1.54) is 5.56 Å². The van der Waals surface area contributed by atoms with E-state index in [-0.39, 0.29) is 36.1 Å². The van der Waals surface area contributed by atoms with Crippen LogP contribution in [-0.2, 0) is 21.4 Å². The first kappa shape index (κ1) is 24.1. The predicted octanol–water partition coefficient (Wildman–Crippen LogP) is 3.35. The summed E-state index contributed by atoms with van der Waals surface area (Å²) in [5, 5.41) is 4.80. The highest BCUT2D eigenvalue weighted by Gasteiger charge is 2.50. The van der Waals surface area contributed by atoms with Gasteiger partial charge >= 0.3 is 0 Å². The molecule has 1 saturated heterocycles. The number of ketones is 1. The lowest BCUT2D eigenvalue weighted by atomic mass is 9.75. The molecule has 2 fully saturated rings. The highest BCUT2D eigenvalue weighted by molar-refractivity contribution is 5.96. The number of carbonyl (C=O) groups is 2. The molecule has 3 atom stereocenters. The van der Waals surface area contributed by atoms with E-state index in [9.17, 15) is 9.59 Å². The molecule has 3 heterocycles. The van der Waals surface area contributed by atoms with Crippen LogP contribution >= 0.6 is 0 Å². The minimum absolute atomic E-state index is 0.00638. The number of Topliss-reactive ketones (excluding diaryl/α,β-unsaturated/α-hetero) is 1. The molecule has 37 heavy (non-hydrogen) atoms. The Bertz CT molecular complexity index is 1380. The summed E-state index contributed by atoms with van der Waals surface area (Å²) in [5.74, 6) is 1.32. The fourth-order valence-corrected chi connectivity index (χ4v) is 6.25. The zero-order chi connectivity index (χ0) is 25.9. The van der Waals surface area contributed by atoms with Gasteiger partial charge in [-0.3, -0.25) is 9.59 Å². The lowest BCUT2D eigenvalue weighted by molar-refractivity contribution is -0.141. The van der Waals surface area contributed by atoms with Crippen LogP contribution < -0.4 is 10.6 Å². The number of anilines is 1. The van der Waals surface area contributed by atoms with Crippen molar-refractivity contribution in [3.63, 3.8) is 0 Å². The maximum Gasteiger partial charge on any atom is 0.233 e. The van der Waals surface area contributed by atoms with E-state index >= 15 is 0 Å². The number of fused-ring (bicyclic) bond motifs is 2. The Morgan fingerprint density at radius 3 is 2.76 bits per heavy atom. The van der Waals surface area contributed by atoms with Gasteiger partial charge in [0.05, 0.1) is 17.2 Å². The number of aryl methyl sites for hydroxylation is 2.